The lowest BCUT2D eigenvalue weighted by molar-refractivity contribution is -0.149. The summed E-state index contributed by atoms with van der Waals surface area (Å²) < 4.78 is 0. The fourth-order valence-corrected chi connectivity index (χ4v) is 6.45. The highest BCUT2D eigenvalue weighted by Gasteiger charge is 2.60. The van der Waals surface area contributed by atoms with E-state index in [2.05, 4.69) is 17.1 Å². The van der Waals surface area contributed by atoms with Gasteiger partial charge in [0.15, 0.2) is 0 Å². The first-order valence-corrected chi connectivity index (χ1v) is 8.61. The van der Waals surface area contributed by atoms with Gasteiger partial charge >= 0.3 is 6.03 Å². The van der Waals surface area contributed by atoms with Gasteiger partial charge in [-0.15, -0.1) is 0 Å². The molecule has 6 aliphatic rings. The minimum Gasteiger partial charge on any atom is -0.369 e. The monoisotopic (exact) mass is 301 g/mol. The summed E-state index contributed by atoms with van der Waals surface area (Å²) in [5, 5.41) is 0. The van der Waals surface area contributed by atoms with Crippen LogP contribution in [0.5, 0.6) is 0 Å². The molecule has 1 saturated heterocycles. The van der Waals surface area contributed by atoms with E-state index in [1.807, 2.05) is 4.90 Å². The molecule has 3 amide bonds. The predicted molar refractivity (Wildman–Crippen MR) is 80.7 cm³/mol. The maximum absolute atomic E-state index is 12.7. The van der Waals surface area contributed by atoms with Crippen molar-refractivity contribution in [2.24, 2.45) is 28.9 Å². The average Bonchev–Trinajstić information content (AvgIpc) is 3.02. The molecule has 2 aliphatic heterocycles. The van der Waals surface area contributed by atoms with Gasteiger partial charge in [0.25, 0.3) is 0 Å². The largest absolute Gasteiger partial charge is 0.369 e. The summed E-state index contributed by atoms with van der Waals surface area (Å²) in [4.78, 5) is 28.9. The zero-order valence-corrected chi connectivity index (χ0v) is 12.8. The molecule has 4 saturated carbocycles. The Kier molecular flexibility index (Phi) is 2.39. The van der Waals surface area contributed by atoms with Crippen LogP contribution in [0.15, 0.2) is 12.2 Å². The van der Waals surface area contributed by atoms with Gasteiger partial charge in [0.1, 0.15) is 0 Å². The Hall–Kier alpha value is -1.52. The number of rotatable bonds is 2. The van der Waals surface area contributed by atoms with Gasteiger partial charge in [-0.1, -0.05) is 12.2 Å². The van der Waals surface area contributed by atoms with Gasteiger partial charge in [0.05, 0.1) is 6.04 Å². The average molecular weight is 301 g/mol. The minimum atomic E-state index is -0.258. The molecule has 5 heteroatoms. The molecule has 4 aliphatic carbocycles. The lowest BCUT2D eigenvalue weighted by Gasteiger charge is -2.60. The molecular weight excluding hydrogens is 278 g/mol. The molecule has 0 aromatic rings. The fraction of sp³-hybridized carbons (Fsp3) is 0.765. The maximum atomic E-state index is 12.7. The van der Waals surface area contributed by atoms with Crippen LogP contribution in [0.4, 0.5) is 4.79 Å². The molecule has 2 N–H and O–H groups in total. The molecule has 4 bridgehead atoms. The zero-order valence-electron chi connectivity index (χ0n) is 12.8. The van der Waals surface area contributed by atoms with E-state index in [0.717, 1.165) is 32.4 Å². The first kappa shape index (κ1) is 13.0. The Balaban J connectivity index is 1.45. The number of amides is 3. The number of carbonyl (C=O) groups is 2. The van der Waals surface area contributed by atoms with Crippen LogP contribution < -0.4 is 5.73 Å². The van der Waals surface area contributed by atoms with Crippen molar-refractivity contribution in [1.82, 2.24) is 9.80 Å². The smallest absolute Gasteiger partial charge is 0.321 e. The topological polar surface area (TPSA) is 66.6 Å². The number of hydrogen-bond donors (Lipinski definition) is 1. The Bertz CT molecular complexity index is 570. The predicted octanol–water partition coefficient (Wildman–Crippen LogP) is 1.34. The van der Waals surface area contributed by atoms with Crippen LogP contribution >= 0.6 is 0 Å². The molecule has 118 valence electrons. The van der Waals surface area contributed by atoms with Gasteiger partial charge in [-0.05, 0) is 49.9 Å². The van der Waals surface area contributed by atoms with Gasteiger partial charge < -0.3 is 15.5 Å². The fourth-order valence-electron chi connectivity index (χ4n) is 6.45. The van der Waals surface area contributed by atoms with Crippen molar-refractivity contribution in [2.75, 3.05) is 13.1 Å². The van der Waals surface area contributed by atoms with E-state index < -0.39 is 0 Å². The molecule has 5 nitrogen and oxygen atoms in total. The highest BCUT2D eigenvalue weighted by Crippen LogP contribution is 2.61. The molecule has 3 atom stereocenters. The highest BCUT2D eigenvalue weighted by molar-refractivity contribution is 5.82. The first-order chi connectivity index (χ1) is 10.6. The van der Waals surface area contributed by atoms with Crippen molar-refractivity contribution in [3.63, 3.8) is 0 Å². The van der Waals surface area contributed by atoms with E-state index >= 15 is 0 Å². The van der Waals surface area contributed by atoms with E-state index in [1.165, 1.54) is 12.8 Å². The minimum absolute atomic E-state index is 0.0957. The number of hydrogen-bond acceptors (Lipinski definition) is 2. The molecule has 0 radical (unpaired) electrons. The summed E-state index contributed by atoms with van der Waals surface area (Å²) in [5.74, 6) is 1.51. The van der Waals surface area contributed by atoms with E-state index in [1.54, 1.807) is 0 Å². The van der Waals surface area contributed by atoms with Gasteiger partial charge in [-0.25, -0.2) is 4.79 Å². The molecule has 0 aromatic heterocycles. The van der Waals surface area contributed by atoms with Crippen LogP contribution in [0.3, 0.4) is 0 Å². The normalized spacial score (nSPS) is 48.4. The summed E-state index contributed by atoms with van der Waals surface area (Å²) in [7, 11) is 0. The number of primary amides is 1. The van der Waals surface area contributed by atoms with Crippen LogP contribution in [0.1, 0.15) is 32.1 Å². The Morgan fingerprint density at radius 2 is 1.91 bits per heavy atom. The van der Waals surface area contributed by atoms with Crippen molar-refractivity contribution in [3.8, 4) is 0 Å². The summed E-state index contributed by atoms with van der Waals surface area (Å²) in [6.07, 6.45) is 9.43. The van der Waals surface area contributed by atoms with Crippen molar-refractivity contribution in [1.29, 1.82) is 0 Å². The van der Waals surface area contributed by atoms with Crippen molar-refractivity contribution < 1.29 is 9.59 Å². The van der Waals surface area contributed by atoms with Crippen molar-refractivity contribution >= 4 is 11.9 Å². The molecule has 22 heavy (non-hydrogen) atoms. The summed E-state index contributed by atoms with van der Waals surface area (Å²) in [6.45, 7) is 1.59. The number of carbonyl (C=O) groups excluding carboxylic acids is 2. The van der Waals surface area contributed by atoms with E-state index in [-0.39, 0.29) is 23.4 Å². The van der Waals surface area contributed by atoms with Crippen LogP contribution in [-0.4, -0.2) is 46.9 Å². The van der Waals surface area contributed by atoms with Gasteiger partial charge in [-0.2, -0.15) is 0 Å². The SMILES string of the molecule is NC(=O)C12CC3CC(C1)C(N1C[C@@H]4C=CCN4C1=O)C(C3)C2. The third kappa shape index (κ3) is 1.49. The van der Waals surface area contributed by atoms with Crippen molar-refractivity contribution in [3.05, 3.63) is 12.2 Å². The maximum Gasteiger partial charge on any atom is 0.321 e. The lowest BCUT2D eigenvalue weighted by Crippen LogP contribution is -2.62. The van der Waals surface area contributed by atoms with Crippen LogP contribution in [0.25, 0.3) is 0 Å². The molecule has 0 spiro atoms. The van der Waals surface area contributed by atoms with Crippen LogP contribution in [-0.2, 0) is 4.79 Å². The van der Waals surface area contributed by atoms with E-state index in [0.29, 0.717) is 23.8 Å². The van der Waals surface area contributed by atoms with Gasteiger partial charge in [0, 0.05) is 24.5 Å². The van der Waals surface area contributed by atoms with E-state index in [9.17, 15) is 9.59 Å². The third-order valence-electron chi connectivity index (χ3n) is 7.04. The standard InChI is InChI=1S/C17H23N3O2/c18-15(21)17-6-10-4-11(7-17)14(12(5-10)8-17)20-9-13-2-1-3-19(13)16(20)22/h1-2,10-14H,3-9H2,(H2,18,21)/t10?,11?,12?,13-,14?,17?/m0/s1. The van der Waals surface area contributed by atoms with Crippen LogP contribution in [0.2, 0.25) is 0 Å². The van der Waals surface area contributed by atoms with Crippen molar-refractivity contribution in [2.45, 2.75) is 44.2 Å². The molecule has 0 aromatic carbocycles. The number of urea groups is 1. The Labute approximate surface area is 130 Å². The van der Waals surface area contributed by atoms with Gasteiger partial charge in [-0.3, -0.25) is 4.79 Å². The lowest BCUT2D eigenvalue weighted by atomic mass is 9.47. The molecule has 6 rings (SSSR count). The van der Waals surface area contributed by atoms with Crippen LogP contribution in [0, 0.1) is 23.2 Å². The van der Waals surface area contributed by atoms with Gasteiger partial charge in [0.2, 0.25) is 5.91 Å². The second-order valence-electron chi connectivity index (χ2n) is 8.19. The Morgan fingerprint density at radius 3 is 2.55 bits per heavy atom. The first-order valence-electron chi connectivity index (χ1n) is 8.61. The summed E-state index contributed by atoms with van der Waals surface area (Å²) in [6, 6.07) is 0.825. The molecule has 2 unspecified atom stereocenters. The quantitative estimate of drug-likeness (QED) is 0.782. The second-order valence-corrected chi connectivity index (χ2v) is 8.19. The summed E-state index contributed by atoms with van der Waals surface area (Å²) in [5.41, 5.74) is 5.50. The third-order valence-corrected chi connectivity index (χ3v) is 7.04. The molecule has 2 heterocycles. The summed E-state index contributed by atoms with van der Waals surface area (Å²) >= 11 is 0. The zero-order chi connectivity index (χ0) is 15.1. The molecular formula is C17H23N3O2. The second kappa shape index (κ2) is 4.06. The number of fused-ring (bicyclic) bond motifs is 1. The highest BCUT2D eigenvalue weighted by atomic mass is 16.2. The number of nitrogens with zero attached hydrogens (tertiary/aromatic N) is 2. The molecule has 5 fully saturated rings. The van der Waals surface area contributed by atoms with E-state index in [4.69, 9.17) is 5.73 Å². The number of nitrogens with two attached hydrogens (primary N) is 1. The Morgan fingerprint density at radius 1 is 1.18 bits per heavy atom.